The van der Waals surface area contributed by atoms with Crippen LogP contribution in [0.15, 0.2) is 53.6 Å². The number of nitriles is 1. The highest BCUT2D eigenvalue weighted by molar-refractivity contribution is 7.16. The van der Waals surface area contributed by atoms with Crippen molar-refractivity contribution in [1.82, 2.24) is 30.5 Å². The molecule has 0 saturated carbocycles. The standard InChI is InChI=1S/C30H40FN9OS/c1-6-24(27(33-3)37(4)30-35-26(25(20-32)42-30)21-10-12-23(31)13-11-21)36-38(5)29(34-7-2)40-18-14-22(15-19-40)28(41)39-16-8-9-17-39/h7,10-13,22,33,36H,2,6,8-9,14-19H2,1,3-5H3/b27-24+,34-29?. The Morgan fingerprint density at radius 3 is 2.45 bits per heavy atom. The van der Waals surface area contributed by atoms with Crippen molar-refractivity contribution in [2.24, 2.45) is 10.9 Å². The fraction of sp³-hybridized carbons (Fsp3) is 0.467. The summed E-state index contributed by atoms with van der Waals surface area (Å²) in [6.07, 6.45) is 5.99. The van der Waals surface area contributed by atoms with Gasteiger partial charge in [-0.3, -0.25) is 15.2 Å². The van der Waals surface area contributed by atoms with Gasteiger partial charge in [0.15, 0.2) is 5.13 Å². The zero-order valence-corrected chi connectivity index (χ0v) is 25.7. The highest BCUT2D eigenvalue weighted by atomic mass is 32.1. The number of allylic oxidation sites excluding steroid dienone is 1. The van der Waals surface area contributed by atoms with E-state index in [2.05, 4.69) is 33.3 Å². The van der Waals surface area contributed by atoms with Gasteiger partial charge in [0.2, 0.25) is 11.9 Å². The van der Waals surface area contributed by atoms with Crippen LogP contribution in [0.4, 0.5) is 9.52 Å². The number of hydrazine groups is 1. The zero-order chi connectivity index (χ0) is 30.2. The van der Waals surface area contributed by atoms with Gasteiger partial charge in [-0.1, -0.05) is 24.8 Å². The zero-order valence-electron chi connectivity index (χ0n) is 24.9. The first-order valence-corrected chi connectivity index (χ1v) is 15.2. The van der Waals surface area contributed by atoms with Crippen LogP contribution in [0.2, 0.25) is 0 Å². The van der Waals surface area contributed by atoms with Crippen molar-refractivity contribution in [3.63, 3.8) is 0 Å². The van der Waals surface area contributed by atoms with Gasteiger partial charge in [-0.05, 0) is 56.4 Å². The molecule has 0 unspecified atom stereocenters. The van der Waals surface area contributed by atoms with Crippen LogP contribution in [-0.4, -0.2) is 79.0 Å². The second-order valence-corrected chi connectivity index (χ2v) is 11.3. The summed E-state index contributed by atoms with van der Waals surface area (Å²) in [6, 6.07) is 8.21. The fourth-order valence-electron chi connectivity index (χ4n) is 5.48. The number of rotatable bonds is 9. The molecular weight excluding hydrogens is 553 g/mol. The van der Waals surface area contributed by atoms with Crippen LogP contribution < -0.4 is 15.6 Å². The van der Waals surface area contributed by atoms with E-state index in [1.807, 2.05) is 42.9 Å². The molecule has 4 rings (SSSR count). The number of hydrogen-bond donors (Lipinski definition) is 2. The molecule has 224 valence electrons. The minimum Gasteiger partial charge on any atom is -0.373 e. The van der Waals surface area contributed by atoms with Gasteiger partial charge in [0.1, 0.15) is 28.3 Å². The molecule has 42 heavy (non-hydrogen) atoms. The van der Waals surface area contributed by atoms with Crippen molar-refractivity contribution in [3.05, 3.63) is 59.3 Å². The predicted molar refractivity (Wildman–Crippen MR) is 166 cm³/mol. The van der Waals surface area contributed by atoms with Crippen molar-refractivity contribution < 1.29 is 9.18 Å². The summed E-state index contributed by atoms with van der Waals surface area (Å²) in [5.41, 5.74) is 5.58. The molecule has 2 aromatic rings. The number of thiazole rings is 1. The molecule has 0 spiro atoms. The van der Waals surface area contributed by atoms with Crippen LogP contribution in [0.1, 0.15) is 43.9 Å². The Morgan fingerprint density at radius 2 is 1.88 bits per heavy atom. The summed E-state index contributed by atoms with van der Waals surface area (Å²) < 4.78 is 13.5. The fourth-order valence-corrected chi connectivity index (χ4v) is 6.34. The molecule has 0 aliphatic carbocycles. The van der Waals surface area contributed by atoms with Crippen LogP contribution in [0, 0.1) is 23.1 Å². The van der Waals surface area contributed by atoms with E-state index in [9.17, 15) is 14.4 Å². The van der Waals surface area contributed by atoms with Crippen LogP contribution >= 0.6 is 11.3 Å². The molecule has 2 saturated heterocycles. The summed E-state index contributed by atoms with van der Waals surface area (Å²) in [6.45, 7) is 9.10. The number of piperidine rings is 1. The number of benzene rings is 1. The first-order valence-electron chi connectivity index (χ1n) is 14.4. The Balaban J connectivity index is 1.50. The molecule has 2 fully saturated rings. The smallest absolute Gasteiger partial charge is 0.225 e. The Morgan fingerprint density at radius 1 is 1.21 bits per heavy atom. The number of nitrogens with zero attached hydrogens (tertiary/aromatic N) is 7. The average molecular weight is 594 g/mol. The van der Waals surface area contributed by atoms with Crippen LogP contribution in [0.25, 0.3) is 11.3 Å². The van der Waals surface area contributed by atoms with Crippen molar-refractivity contribution in [2.45, 2.75) is 39.0 Å². The molecule has 12 heteroatoms. The Hall–Kier alpha value is -4.11. The number of aromatic nitrogens is 1. The lowest BCUT2D eigenvalue weighted by molar-refractivity contribution is -0.135. The monoisotopic (exact) mass is 593 g/mol. The van der Waals surface area contributed by atoms with Gasteiger partial charge in [0, 0.05) is 65.0 Å². The van der Waals surface area contributed by atoms with E-state index in [1.54, 1.807) is 12.1 Å². The largest absolute Gasteiger partial charge is 0.373 e. The topological polar surface area (TPSA) is 103 Å². The summed E-state index contributed by atoms with van der Waals surface area (Å²) in [5, 5.41) is 15.5. The maximum Gasteiger partial charge on any atom is 0.225 e. The van der Waals surface area contributed by atoms with E-state index >= 15 is 0 Å². The Labute approximate surface area is 251 Å². The van der Waals surface area contributed by atoms with Crippen molar-refractivity contribution in [3.8, 4) is 17.3 Å². The molecule has 3 heterocycles. The van der Waals surface area contributed by atoms with Gasteiger partial charge in [-0.2, -0.15) is 5.26 Å². The third-order valence-electron chi connectivity index (χ3n) is 7.69. The molecule has 2 aliphatic rings. The number of nitrogens with one attached hydrogen (secondary N) is 2. The highest BCUT2D eigenvalue weighted by Crippen LogP contribution is 2.33. The molecule has 1 amide bonds. The summed E-state index contributed by atoms with van der Waals surface area (Å²) in [5.74, 6) is 1.52. The number of carbonyl (C=O) groups excluding carboxylic acids is 1. The van der Waals surface area contributed by atoms with Crippen molar-refractivity contribution >= 4 is 28.3 Å². The summed E-state index contributed by atoms with van der Waals surface area (Å²) >= 11 is 1.27. The molecule has 1 aromatic heterocycles. The number of anilines is 1. The number of likely N-dealkylation sites (tertiary alicyclic amines) is 2. The van der Waals surface area contributed by atoms with Crippen molar-refractivity contribution in [2.75, 3.05) is 52.2 Å². The second-order valence-electron chi connectivity index (χ2n) is 10.4. The number of carbonyl (C=O) groups is 1. The Bertz CT molecular complexity index is 1350. The number of hydrogen-bond acceptors (Lipinski definition) is 8. The van der Waals surface area contributed by atoms with Gasteiger partial charge in [0.25, 0.3) is 0 Å². The van der Waals surface area contributed by atoms with Crippen LogP contribution in [0.5, 0.6) is 0 Å². The van der Waals surface area contributed by atoms with Gasteiger partial charge in [-0.25, -0.2) is 14.4 Å². The van der Waals surface area contributed by atoms with Crippen LogP contribution in [0.3, 0.4) is 0 Å². The van der Waals surface area contributed by atoms with E-state index < -0.39 is 0 Å². The number of amides is 1. The van der Waals surface area contributed by atoms with E-state index in [0.717, 1.165) is 69.3 Å². The highest BCUT2D eigenvalue weighted by Gasteiger charge is 2.31. The molecule has 2 N–H and O–H groups in total. The Kier molecular flexibility index (Phi) is 10.4. The van der Waals surface area contributed by atoms with Crippen molar-refractivity contribution in [1.29, 1.82) is 5.26 Å². The lowest BCUT2D eigenvalue weighted by Crippen LogP contribution is -2.52. The molecule has 0 radical (unpaired) electrons. The average Bonchev–Trinajstić information content (AvgIpc) is 3.70. The van der Waals surface area contributed by atoms with E-state index in [4.69, 9.17) is 4.98 Å². The van der Waals surface area contributed by atoms with Gasteiger partial charge in [-0.15, -0.1) is 0 Å². The SMILES string of the molecule is C=CN=C(N1CCC(C(=O)N2CCCC2)CC1)N(C)N/C(CC)=C(\NC)N(C)c1nc(-c2ccc(F)cc2)c(C#N)s1. The number of halogens is 1. The first kappa shape index (κ1) is 30.8. The molecule has 0 bridgehead atoms. The normalized spacial score (nSPS) is 16.5. The molecular formula is C30H40FN9OS. The van der Waals surface area contributed by atoms with Gasteiger partial charge < -0.3 is 20.0 Å². The van der Waals surface area contributed by atoms with Crippen LogP contribution in [-0.2, 0) is 4.79 Å². The lowest BCUT2D eigenvalue weighted by Gasteiger charge is -2.38. The quantitative estimate of drug-likeness (QED) is 0.252. The first-order chi connectivity index (χ1) is 20.3. The minimum atomic E-state index is -0.340. The minimum absolute atomic E-state index is 0.0645. The molecule has 1 aromatic carbocycles. The van der Waals surface area contributed by atoms with Gasteiger partial charge >= 0.3 is 0 Å². The summed E-state index contributed by atoms with van der Waals surface area (Å²) in [7, 11) is 5.64. The third-order valence-corrected chi connectivity index (χ3v) is 8.72. The number of aliphatic imine (C=N–C) groups is 1. The van der Waals surface area contributed by atoms with E-state index in [-0.39, 0.29) is 11.7 Å². The predicted octanol–water partition coefficient (Wildman–Crippen LogP) is 4.33. The molecule has 0 atom stereocenters. The third kappa shape index (κ3) is 6.85. The summed E-state index contributed by atoms with van der Waals surface area (Å²) in [4.78, 5) is 28.8. The van der Waals surface area contributed by atoms with Gasteiger partial charge in [0.05, 0.1) is 5.70 Å². The number of guanidine groups is 1. The van der Waals surface area contributed by atoms with E-state index in [1.165, 1.54) is 29.7 Å². The molecule has 10 nitrogen and oxygen atoms in total. The molecule has 2 aliphatic heterocycles. The maximum atomic E-state index is 13.5. The lowest BCUT2D eigenvalue weighted by atomic mass is 9.95. The maximum absolute atomic E-state index is 13.5. The van der Waals surface area contributed by atoms with E-state index in [0.29, 0.717) is 33.6 Å². The second kappa shape index (κ2) is 14.2.